The number of carbonyl (C=O) groups is 2. The predicted octanol–water partition coefficient (Wildman–Crippen LogP) is 1.63. The SMILES string of the molecule is NC(=O)CNC(=O)CSc1nc2sc3c(c2c(=O)n1-c1ccccc1)CCC3. The summed E-state index contributed by atoms with van der Waals surface area (Å²) in [6.07, 6.45) is 2.96. The number of thiophene rings is 1. The summed E-state index contributed by atoms with van der Waals surface area (Å²) < 4.78 is 1.57. The van der Waals surface area contributed by atoms with Crippen LogP contribution in [0.25, 0.3) is 15.9 Å². The van der Waals surface area contributed by atoms with Gasteiger partial charge in [-0.05, 0) is 37.0 Å². The van der Waals surface area contributed by atoms with Gasteiger partial charge in [0.25, 0.3) is 5.56 Å². The predicted molar refractivity (Wildman–Crippen MR) is 110 cm³/mol. The van der Waals surface area contributed by atoms with Gasteiger partial charge in [-0.25, -0.2) is 4.98 Å². The molecule has 0 bridgehead atoms. The van der Waals surface area contributed by atoms with Crippen LogP contribution in [0.15, 0.2) is 40.3 Å². The number of nitrogens with two attached hydrogens (primary N) is 1. The number of para-hydroxylation sites is 1. The first-order valence-corrected chi connectivity index (χ1v) is 10.7. The Morgan fingerprint density at radius 1 is 1.25 bits per heavy atom. The maximum Gasteiger partial charge on any atom is 0.267 e. The first kappa shape index (κ1) is 18.7. The molecule has 2 aromatic heterocycles. The van der Waals surface area contributed by atoms with Crippen LogP contribution < -0.4 is 16.6 Å². The monoisotopic (exact) mass is 414 g/mol. The molecule has 7 nitrogen and oxygen atoms in total. The maximum absolute atomic E-state index is 13.4. The molecule has 4 rings (SSSR count). The highest BCUT2D eigenvalue weighted by Gasteiger charge is 2.24. The quantitative estimate of drug-likeness (QED) is 0.471. The summed E-state index contributed by atoms with van der Waals surface area (Å²) in [6.45, 7) is -0.213. The van der Waals surface area contributed by atoms with Crippen molar-refractivity contribution < 1.29 is 9.59 Å². The van der Waals surface area contributed by atoms with Gasteiger partial charge in [-0.3, -0.25) is 19.0 Å². The third-order valence-electron chi connectivity index (χ3n) is 4.51. The lowest BCUT2D eigenvalue weighted by molar-refractivity contribution is -0.123. The second-order valence-corrected chi connectivity index (χ2v) is 8.47. The van der Waals surface area contributed by atoms with Crippen molar-refractivity contribution in [2.75, 3.05) is 12.3 Å². The lowest BCUT2D eigenvalue weighted by Gasteiger charge is -2.12. The third kappa shape index (κ3) is 3.55. The molecule has 0 saturated heterocycles. The second kappa shape index (κ2) is 7.76. The van der Waals surface area contributed by atoms with E-state index in [1.807, 2.05) is 30.3 Å². The number of benzene rings is 1. The van der Waals surface area contributed by atoms with E-state index in [2.05, 4.69) is 5.32 Å². The highest BCUT2D eigenvalue weighted by atomic mass is 32.2. The lowest BCUT2D eigenvalue weighted by Crippen LogP contribution is -2.34. The minimum absolute atomic E-state index is 0.0309. The van der Waals surface area contributed by atoms with Crippen molar-refractivity contribution in [1.29, 1.82) is 0 Å². The van der Waals surface area contributed by atoms with Crippen LogP contribution in [0.1, 0.15) is 16.9 Å². The molecule has 144 valence electrons. The number of nitrogens with zero attached hydrogens (tertiary/aromatic N) is 2. The standard InChI is InChI=1S/C19H18N4O3S2/c20-14(24)9-21-15(25)10-27-19-22-17-16(12-7-4-8-13(12)28-17)18(26)23(19)11-5-2-1-3-6-11/h1-3,5-6H,4,7-10H2,(H2,20,24)(H,21,25). The van der Waals surface area contributed by atoms with Gasteiger partial charge in [0, 0.05) is 4.88 Å². The van der Waals surface area contributed by atoms with Crippen molar-refractivity contribution >= 4 is 45.1 Å². The summed E-state index contributed by atoms with van der Waals surface area (Å²) in [5.74, 6) is -0.915. The maximum atomic E-state index is 13.4. The molecule has 0 radical (unpaired) electrons. The molecule has 1 aliphatic carbocycles. The van der Waals surface area contributed by atoms with Crippen LogP contribution >= 0.6 is 23.1 Å². The molecule has 0 saturated carbocycles. The van der Waals surface area contributed by atoms with Gasteiger partial charge in [-0.15, -0.1) is 11.3 Å². The zero-order valence-corrected chi connectivity index (χ0v) is 16.6. The average molecular weight is 415 g/mol. The van der Waals surface area contributed by atoms with Crippen molar-refractivity contribution in [3.8, 4) is 5.69 Å². The Hall–Kier alpha value is -2.65. The number of aromatic nitrogens is 2. The molecule has 1 aliphatic rings. The number of hydrogen-bond donors (Lipinski definition) is 2. The van der Waals surface area contributed by atoms with Gasteiger partial charge in [-0.1, -0.05) is 30.0 Å². The molecule has 0 fully saturated rings. The van der Waals surface area contributed by atoms with E-state index in [0.29, 0.717) is 16.2 Å². The van der Waals surface area contributed by atoms with Crippen LogP contribution in [0.2, 0.25) is 0 Å². The zero-order valence-electron chi connectivity index (χ0n) is 14.9. The number of carbonyl (C=O) groups excluding carboxylic acids is 2. The Morgan fingerprint density at radius 3 is 2.79 bits per heavy atom. The van der Waals surface area contributed by atoms with E-state index >= 15 is 0 Å². The Bertz CT molecular complexity index is 1120. The molecule has 9 heteroatoms. The van der Waals surface area contributed by atoms with Crippen molar-refractivity contribution in [1.82, 2.24) is 14.9 Å². The minimum Gasteiger partial charge on any atom is -0.368 e. The fraction of sp³-hybridized carbons (Fsp3) is 0.263. The van der Waals surface area contributed by atoms with Gasteiger partial charge in [0.1, 0.15) is 4.83 Å². The Labute approximate surface area is 169 Å². The normalized spacial score (nSPS) is 12.9. The topological polar surface area (TPSA) is 107 Å². The molecule has 0 aliphatic heterocycles. The van der Waals surface area contributed by atoms with Gasteiger partial charge < -0.3 is 11.1 Å². The molecular weight excluding hydrogens is 396 g/mol. The first-order chi connectivity index (χ1) is 13.5. The fourth-order valence-corrected chi connectivity index (χ4v) is 5.44. The zero-order chi connectivity index (χ0) is 19.7. The molecule has 3 N–H and O–H groups in total. The second-order valence-electron chi connectivity index (χ2n) is 6.44. The summed E-state index contributed by atoms with van der Waals surface area (Å²) >= 11 is 2.73. The number of hydrogen-bond acceptors (Lipinski definition) is 6. The van der Waals surface area contributed by atoms with E-state index in [1.165, 1.54) is 16.6 Å². The van der Waals surface area contributed by atoms with E-state index in [0.717, 1.165) is 29.7 Å². The number of aryl methyl sites for hydroxylation is 2. The highest BCUT2D eigenvalue weighted by Crippen LogP contribution is 2.36. The van der Waals surface area contributed by atoms with Gasteiger partial charge >= 0.3 is 0 Å². The molecule has 0 atom stereocenters. The number of fused-ring (bicyclic) bond motifs is 3. The molecule has 1 aromatic carbocycles. The van der Waals surface area contributed by atoms with Crippen molar-refractivity contribution in [3.63, 3.8) is 0 Å². The average Bonchev–Trinajstić information content (AvgIpc) is 3.26. The van der Waals surface area contributed by atoms with Crippen LogP contribution in [0.4, 0.5) is 0 Å². The largest absolute Gasteiger partial charge is 0.368 e. The minimum atomic E-state index is -0.604. The van der Waals surface area contributed by atoms with Crippen LogP contribution in [0.5, 0.6) is 0 Å². The fourth-order valence-electron chi connectivity index (χ4n) is 3.29. The number of thioether (sulfide) groups is 1. The van der Waals surface area contributed by atoms with Gasteiger partial charge in [0.15, 0.2) is 5.16 Å². The van der Waals surface area contributed by atoms with Crippen molar-refractivity contribution in [3.05, 3.63) is 51.1 Å². The Balaban J connectivity index is 1.75. The van der Waals surface area contributed by atoms with Crippen LogP contribution in [-0.4, -0.2) is 33.7 Å². The summed E-state index contributed by atoms with van der Waals surface area (Å²) in [5, 5.41) is 3.60. The van der Waals surface area contributed by atoms with Gasteiger partial charge in [0.2, 0.25) is 11.8 Å². The molecule has 3 aromatic rings. The Morgan fingerprint density at radius 2 is 2.04 bits per heavy atom. The molecule has 0 unspecified atom stereocenters. The third-order valence-corrected chi connectivity index (χ3v) is 6.64. The first-order valence-electron chi connectivity index (χ1n) is 8.85. The lowest BCUT2D eigenvalue weighted by atomic mass is 10.2. The van der Waals surface area contributed by atoms with Gasteiger partial charge in [0.05, 0.1) is 23.4 Å². The van der Waals surface area contributed by atoms with Crippen LogP contribution in [0.3, 0.4) is 0 Å². The molecule has 2 heterocycles. The van der Waals surface area contributed by atoms with E-state index < -0.39 is 5.91 Å². The van der Waals surface area contributed by atoms with E-state index in [4.69, 9.17) is 10.7 Å². The molecular formula is C19H18N4O3S2. The highest BCUT2D eigenvalue weighted by molar-refractivity contribution is 7.99. The summed E-state index contributed by atoms with van der Waals surface area (Å²) in [4.78, 5) is 42.9. The number of amides is 2. The molecule has 28 heavy (non-hydrogen) atoms. The summed E-state index contributed by atoms with van der Waals surface area (Å²) in [6, 6.07) is 9.29. The van der Waals surface area contributed by atoms with Crippen molar-refractivity contribution in [2.24, 2.45) is 5.73 Å². The van der Waals surface area contributed by atoms with Crippen molar-refractivity contribution in [2.45, 2.75) is 24.4 Å². The van der Waals surface area contributed by atoms with Crippen LogP contribution in [-0.2, 0) is 22.4 Å². The van der Waals surface area contributed by atoms with Gasteiger partial charge in [-0.2, -0.15) is 0 Å². The van der Waals surface area contributed by atoms with E-state index in [1.54, 1.807) is 15.9 Å². The number of rotatable bonds is 6. The molecule has 0 spiro atoms. The summed E-state index contributed by atoms with van der Waals surface area (Å²) in [5.41, 5.74) is 6.78. The number of nitrogens with one attached hydrogen (secondary N) is 1. The van der Waals surface area contributed by atoms with E-state index in [9.17, 15) is 14.4 Å². The van der Waals surface area contributed by atoms with Crippen LogP contribution in [0, 0.1) is 0 Å². The molecule has 2 amide bonds. The smallest absolute Gasteiger partial charge is 0.267 e. The van der Waals surface area contributed by atoms with E-state index in [-0.39, 0.29) is 23.8 Å². The number of primary amides is 1. The Kier molecular flexibility index (Phi) is 5.19. The summed E-state index contributed by atoms with van der Waals surface area (Å²) in [7, 11) is 0.